The molecule has 0 bridgehead atoms. The summed E-state index contributed by atoms with van der Waals surface area (Å²) >= 11 is 2.75. The van der Waals surface area contributed by atoms with Crippen LogP contribution in [-0.4, -0.2) is 33.1 Å². The van der Waals surface area contributed by atoms with Gasteiger partial charge >= 0.3 is 0 Å². The molecule has 0 unspecified atom stereocenters. The molecule has 3 rings (SSSR count). The monoisotopic (exact) mass is 331 g/mol. The van der Waals surface area contributed by atoms with Crippen molar-refractivity contribution >= 4 is 45.4 Å². The van der Waals surface area contributed by atoms with Gasteiger partial charge < -0.3 is 5.11 Å². The molecule has 1 aliphatic heterocycles. The number of nitrogens with zero attached hydrogens (tertiary/aromatic N) is 3. The van der Waals surface area contributed by atoms with Crippen molar-refractivity contribution in [3.8, 4) is 5.75 Å². The highest BCUT2D eigenvalue weighted by Crippen LogP contribution is 2.34. The Morgan fingerprint density at radius 3 is 2.91 bits per heavy atom. The van der Waals surface area contributed by atoms with Gasteiger partial charge in [-0.15, -0.1) is 11.3 Å². The zero-order chi connectivity index (χ0) is 15.7. The summed E-state index contributed by atoms with van der Waals surface area (Å²) in [6, 6.07) is 6.78. The van der Waals surface area contributed by atoms with Crippen LogP contribution in [0.2, 0.25) is 0 Å². The van der Waals surface area contributed by atoms with E-state index in [-0.39, 0.29) is 11.7 Å². The zero-order valence-corrected chi connectivity index (χ0v) is 13.6. The van der Waals surface area contributed by atoms with Gasteiger partial charge in [-0.3, -0.25) is 9.69 Å². The Morgan fingerprint density at radius 1 is 1.41 bits per heavy atom. The van der Waals surface area contributed by atoms with E-state index in [0.717, 1.165) is 11.3 Å². The van der Waals surface area contributed by atoms with Gasteiger partial charge in [0.2, 0.25) is 5.13 Å². The van der Waals surface area contributed by atoms with Crippen LogP contribution in [0.5, 0.6) is 5.75 Å². The van der Waals surface area contributed by atoms with Gasteiger partial charge in [-0.1, -0.05) is 12.1 Å². The molecule has 112 valence electrons. The number of hydrogen-bond acceptors (Lipinski definition) is 6. The fourth-order valence-electron chi connectivity index (χ4n) is 1.89. The molecular weight excluding hydrogens is 318 g/mol. The minimum atomic E-state index is -0.111. The molecule has 1 N–H and O–H groups in total. The van der Waals surface area contributed by atoms with E-state index in [1.165, 1.54) is 28.0 Å². The average Bonchev–Trinajstić information content (AvgIpc) is 2.99. The second-order valence-electron chi connectivity index (χ2n) is 4.74. The topological polar surface area (TPSA) is 65.8 Å². The minimum absolute atomic E-state index is 0.111. The first-order valence-electron chi connectivity index (χ1n) is 6.50. The van der Waals surface area contributed by atoms with Crippen LogP contribution in [0.15, 0.2) is 39.5 Å². The number of carbonyl (C=O) groups is 1. The third kappa shape index (κ3) is 3.05. The van der Waals surface area contributed by atoms with E-state index < -0.39 is 0 Å². The molecule has 22 heavy (non-hydrogen) atoms. The summed E-state index contributed by atoms with van der Waals surface area (Å²) in [6.45, 7) is 1.91. The van der Waals surface area contributed by atoms with Crippen LogP contribution >= 0.6 is 23.1 Å². The number of benzene rings is 1. The fraction of sp³-hybridized carbons (Fsp3) is 0.133. The molecule has 7 heteroatoms. The first-order chi connectivity index (χ1) is 10.5. The van der Waals surface area contributed by atoms with Gasteiger partial charge in [0, 0.05) is 12.4 Å². The SMILES string of the molecule is Cc1csc(/N=C2/S/C(=C\c3cccc(O)c3)C(=O)N2C)n1. The van der Waals surface area contributed by atoms with Crippen LogP contribution in [0.4, 0.5) is 5.13 Å². The van der Waals surface area contributed by atoms with E-state index in [0.29, 0.717) is 15.2 Å². The van der Waals surface area contributed by atoms with Crippen molar-refractivity contribution in [2.45, 2.75) is 6.92 Å². The Hall–Kier alpha value is -2.12. The van der Waals surface area contributed by atoms with Crippen molar-refractivity contribution in [1.29, 1.82) is 0 Å². The van der Waals surface area contributed by atoms with Crippen LogP contribution < -0.4 is 0 Å². The fourth-order valence-corrected chi connectivity index (χ4v) is 3.58. The Morgan fingerprint density at radius 2 is 2.23 bits per heavy atom. The molecule has 5 nitrogen and oxygen atoms in total. The Kier molecular flexibility index (Phi) is 4.00. The number of thiazole rings is 1. The largest absolute Gasteiger partial charge is 0.508 e. The quantitative estimate of drug-likeness (QED) is 0.857. The smallest absolute Gasteiger partial charge is 0.266 e. The number of aliphatic imine (C=N–C) groups is 1. The number of aromatic hydroxyl groups is 1. The number of rotatable bonds is 2. The van der Waals surface area contributed by atoms with E-state index in [2.05, 4.69) is 9.98 Å². The maximum atomic E-state index is 12.3. The molecule has 1 aliphatic rings. The molecule has 0 saturated carbocycles. The number of phenols is 1. The van der Waals surface area contributed by atoms with Crippen molar-refractivity contribution < 1.29 is 9.90 Å². The van der Waals surface area contributed by atoms with E-state index in [1.807, 2.05) is 18.4 Å². The summed E-state index contributed by atoms with van der Waals surface area (Å²) < 4.78 is 0. The van der Waals surface area contributed by atoms with Gasteiger partial charge in [0.05, 0.1) is 10.6 Å². The molecule has 2 aromatic rings. The minimum Gasteiger partial charge on any atom is -0.508 e. The summed E-state index contributed by atoms with van der Waals surface area (Å²) in [4.78, 5) is 23.1. The van der Waals surface area contributed by atoms with Gasteiger partial charge in [0.15, 0.2) is 5.17 Å². The van der Waals surface area contributed by atoms with E-state index in [1.54, 1.807) is 31.3 Å². The number of hydrogen-bond donors (Lipinski definition) is 1. The Labute approximate surface area is 136 Å². The summed E-state index contributed by atoms with van der Waals surface area (Å²) in [5, 5.41) is 12.7. The maximum Gasteiger partial charge on any atom is 0.266 e. The van der Waals surface area contributed by atoms with Crippen molar-refractivity contribution in [2.24, 2.45) is 4.99 Å². The second kappa shape index (κ2) is 5.94. The lowest BCUT2D eigenvalue weighted by atomic mass is 10.2. The van der Waals surface area contributed by atoms with Gasteiger partial charge in [-0.25, -0.2) is 4.98 Å². The van der Waals surface area contributed by atoms with Crippen molar-refractivity contribution in [3.05, 3.63) is 45.8 Å². The molecule has 1 saturated heterocycles. The Balaban J connectivity index is 1.90. The number of thioether (sulfide) groups is 1. The maximum absolute atomic E-state index is 12.3. The highest BCUT2D eigenvalue weighted by atomic mass is 32.2. The molecule has 1 aromatic carbocycles. The predicted molar refractivity (Wildman–Crippen MR) is 90.4 cm³/mol. The number of amidine groups is 1. The first-order valence-corrected chi connectivity index (χ1v) is 8.20. The number of aromatic nitrogens is 1. The standard InChI is InChI=1S/C15H13N3O2S2/c1-9-8-21-14(16-9)17-15-18(2)13(20)12(22-15)7-10-4-3-5-11(19)6-10/h3-8,19H,1-2H3/b12-7-,17-15+. The van der Waals surface area contributed by atoms with Crippen molar-refractivity contribution in [2.75, 3.05) is 7.05 Å². The molecule has 0 atom stereocenters. The summed E-state index contributed by atoms with van der Waals surface area (Å²) in [7, 11) is 1.69. The molecule has 2 heterocycles. The summed E-state index contributed by atoms with van der Waals surface area (Å²) in [6.07, 6.45) is 1.75. The number of likely N-dealkylation sites (N-methyl/N-ethyl adjacent to an activating group) is 1. The number of carbonyl (C=O) groups excluding carboxylic acids is 1. The van der Waals surface area contributed by atoms with Crippen LogP contribution in [0.1, 0.15) is 11.3 Å². The molecule has 1 aromatic heterocycles. The number of amides is 1. The zero-order valence-electron chi connectivity index (χ0n) is 12.0. The molecule has 1 amide bonds. The van der Waals surface area contributed by atoms with Gasteiger partial charge in [0.1, 0.15) is 5.75 Å². The highest BCUT2D eigenvalue weighted by molar-refractivity contribution is 8.18. The average molecular weight is 331 g/mol. The number of aryl methyl sites for hydroxylation is 1. The molecule has 0 radical (unpaired) electrons. The lowest BCUT2D eigenvalue weighted by Gasteiger charge is -2.05. The second-order valence-corrected chi connectivity index (χ2v) is 6.58. The Bertz CT molecular complexity index is 796. The molecule has 0 spiro atoms. The summed E-state index contributed by atoms with van der Waals surface area (Å²) in [5.74, 6) is 0.0608. The van der Waals surface area contributed by atoms with E-state index in [9.17, 15) is 9.90 Å². The predicted octanol–water partition coefficient (Wildman–Crippen LogP) is 3.39. The highest BCUT2D eigenvalue weighted by Gasteiger charge is 2.30. The molecule has 1 fully saturated rings. The number of phenolic OH excluding ortho intramolecular Hbond substituents is 1. The van der Waals surface area contributed by atoms with Crippen LogP contribution in [-0.2, 0) is 4.79 Å². The normalized spacial score (nSPS) is 18.6. The summed E-state index contributed by atoms with van der Waals surface area (Å²) in [5.41, 5.74) is 1.69. The molecule has 0 aliphatic carbocycles. The van der Waals surface area contributed by atoms with Crippen LogP contribution in [0.25, 0.3) is 6.08 Å². The van der Waals surface area contributed by atoms with Gasteiger partial charge in [-0.2, -0.15) is 4.99 Å². The third-order valence-corrected chi connectivity index (χ3v) is 4.88. The van der Waals surface area contributed by atoms with Gasteiger partial charge in [0.25, 0.3) is 5.91 Å². The lowest BCUT2D eigenvalue weighted by Crippen LogP contribution is -2.23. The van der Waals surface area contributed by atoms with Crippen molar-refractivity contribution in [1.82, 2.24) is 9.88 Å². The van der Waals surface area contributed by atoms with E-state index in [4.69, 9.17) is 0 Å². The first kappa shape index (κ1) is 14.8. The van der Waals surface area contributed by atoms with Crippen LogP contribution in [0, 0.1) is 6.92 Å². The van der Waals surface area contributed by atoms with E-state index >= 15 is 0 Å². The molecular formula is C15H13N3O2S2. The lowest BCUT2D eigenvalue weighted by molar-refractivity contribution is -0.121. The van der Waals surface area contributed by atoms with Crippen molar-refractivity contribution in [3.63, 3.8) is 0 Å². The van der Waals surface area contributed by atoms with Crippen LogP contribution in [0.3, 0.4) is 0 Å². The van der Waals surface area contributed by atoms with Gasteiger partial charge in [-0.05, 0) is 42.5 Å². The third-order valence-electron chi connectivity index (χ3n) is 2.97.